The molecule has 1 atom stereocenters. The van der Waals surface area contributed by atoms with Crippen molar-refractivity contribution in [3.8, 4) is 0 Å². The van der Waals surface area contributed by atoms with Crippen LogP contribution >= 0.6 is 11.6 Å². The zero-order valence-electron chi connectivity index (χ0n) is 11.0. The van der Waals surface area contributed by atoms with E-state index in [4.69, 9.17) is 11.6 Å². The molecule has 1 aromatic carbocycles. The van der Waals surface area contributed by atoms with Crippen molar-refractivity contribution in [3.05, 3.63) is 39.9 Å². The van der Waals surface area contributed by atoms with Crippen molar-refractivity contribution in [1.82, 2.24) is 0 Å². The van der Waals surface area contributed by atoms with Crippen molar-refractivity contribution < 1.29 is 18.1 Å². The number of nitrogens with zero attached hydrogens (tertiary/aromatic N) is 1. The van der Waals surface area contributed by atoms with Gasteiger partial charge in [-0.05, 0) is 18.6 Å². The van der Waals surface area contributed by atoms with E-state index in [0.717, 1.165) is 12.1 Å². The van der Waals surface area contributed by atoms with E-state index < -0.39 is 24.8 Å². The van der Waals surface area contributed by atoms with Gasteiger partial charge in [-0.3, -0.25) is 14.9 Å². The van der Waals surface area contributed by atoms with Crippen molar-refractivity contribution in [3.63, 3.8) is 0 Å². The van der Waals surface area contributed by atoms with Gasteiger partial charge in [-0.25, -0.2) is 8.42 Å². The lowest BCUT2D eigenvalue weighted by Gasteiger charge is -2.23. The van der Waals surface area contributed by atoms with E-state index in [1.807, 2.05) is 0 Å². The molecule has 0 unspecified atom stereocenters. The van der Waals surface area contributed by atoms with E-state index in [-0.39, 0.29) is 23.4 Å². The van der Waals surface area contributed by atoms with E-state index in [9.17, 15) is 23.3 Å². The van der Waals surface area contributed by atoms with Crippen molar-refractivity contribution in [2.24, 2.45) is 0 Å². The Morgan fingerprint density at radius 3 is 2.15 bits per heavy atom. The molecule has 1 rings (SSSR count). The summed E-state index contributed by atoms with van der Waals surface area (Å²) >= 11 is 6.03. The Labute approximate surface area is 121 Å². The lowest BCUT2D eigenvalue weighted by Crippen LogP contribution is -2.41. The lowest BCUT2D eigenvalue weighted by atomic mass is 10.1. The Morgan fingerprint density at radius 2 is 1.80 bits per heavy atom. The number of benzene rings is 1. The van der Waals surface area contributed by atoms with Crippen LogP contribution in [0.25, 0.3) is 0 Å². The highest BCUT2D eigenvalue weighted by molar-refractivity contribution is 7.95. The molecule has 0 fully saturated rings. The number of nitro groups is 1. The summed E-state index contributed by atoms with van der Waals surface area (Å²) in [6, 6.07) is 4.69. The minimum atomic E-state index is -3.80. The zero-order chi connectivity index (χ0) is 15.6. The minimum absolute atomic E-state index is 0.0319. The monoisotopic (exact) mass is 319 g/mol. The molecular weight excluding hydrogens is 306 g/mol. The van der Waals surface area contributed by atoms with Crippen LogP contribution in [0.4, 0.5) is 5.69 Å². The molecule has 110 valence electrons. The summed E-state index contributed by atoms with van der Waals surface area (Å²) < 4.78 is 21.9. The fourth-order valence-corrected chi connectivity index (χ4v) is 3.43. The maximum Gasteiger partial charge on any atom is 0.269 e. The van der Waals surface area contributed by atoms with Crippen LogP contribution in [0.3, 0.4) is 0 Å². The molecule has 0 spiro atoms. The number of hydrogen-bond acceptors (Lipinski definition) is 5. The molecule has 0 bridgehead atoms. The van der Waals surface area contributed by atoms with Gasteiger partial charge in [0, 0.05) is 23.4 Å². The maximum absolute atomic E-state index is 12.3. The molecule has 20 heavy (non-hydrogen) atoms. The third-order valence-electron chi connectivity index (χ3n) is 3.01. The number of ketones is 1. The molecule has 0 aliphatic heterocycles. The largest absolute Gasteiger partial charge is 0.291 e. The second-order valence-corrected chi connectivity index (χ2v) is 7.49. The third kappa shape index (κ3) is 2.83. The number of Topliss-reactive ketones (excluding diaryl/α,β-unsaturated/α-hetero) is 1. The van der Waals surface area contributed by atoms with Gasteiger partial charge >= 0.3 is 0 Å². The number of carbonyl (C=O) groups excluding carboxylic acids is 1. The van der Waals surface area contributed by atoms with E-state index in [1.54, 1.807) is 0 Å². The normalized spacial score (nSPS) is 14.6. The van der Waals surface area contributed by atoms with Crippen LogP contribution in [-0.4, -0.2) is 29.1 Å². The average Bonchev–Trinajstić information content (AvgIpc) is 2.45. The van der Waals surface area contributed by atoms with Crippen LogP contribution in [0.2, 0.25) is 0 Å². The summed E-state index contributed by atoms with van der Waals surface area (Å²) in [5.74, 6) is -1.03. The first-order valence-electron chi connectivity index (χ1n) is 5.90. The number of rotatable bonds is 6. The summed E-state index contributed by atoms with van der Waals surface area (Å²) in [6.07, 6.45) is -0.0828. The van der Waals surface area contributed by atoms with Gasteiger partial charge in [-0.15, -0.1) is 0 Å². The van der Waals surface area contributed by atoms with Gasteiger partial charge in [0.1, 0.15) is 0 Å². The fourth-order valence-electron chi connectivity index (χ4n) is 1.70. The quantitative estimate of drug-likeness (QED) is 0.347. The molecule has 0 radical (unpaired) electrons. The summed E-state index contributed by atoms with van der Waals surface area (Å²) in [6.45, 7) is 2.91. The molecule has 0 aliphatic rings. The fraction of sp³-hybridized carbons (Fsp3) is 0.417. The Hall–Kier alpha value is -1.47. The topological polar surface area (TPSA) is 94.3 Å². The van der Waals surface area contributed by atoms with Gasteiger partial charge in [0.05, 0.1) is 4.92 Å². The second kappa shape index (κ2) is 5.88. The molecular formula is C12H14ClNO5S. The Kier molecular flexibility index (Phi) is 4.88. The molecule has 0 aromatic heterocycles. The summed E-state index contributed by atoms with van der Waals surface area (Å²) in [5.41, 5.74) is -0.152. The number of carbonyl (C=O) groups is 1. The highest BCUT2D eigenvalue weighted by Crippen LogP contribution is 2.32. The highest BCUT2D eigenvalue weighted by Gasteiger charge is 2.46. The molecule has 0 N–H and O–H groups in total. The Bertz CT molecular complexity index is 626. The smallest absolute Gasteiger partial charge is 0.269 e. The molecule has 0 heterocycles. The van der Waals surface area contributed by atoms with Crippen LogP contribution in [-0.2, 0) is 9.84 Å². The highest BCUT2D eigenvalue weighted by atomic mass is 35.5. The van der Waals surface area contributed by atoms with Crippen LogP contribution in [0.5, 0.6) is 0 Å². The number of hydrogen-bond donors (Lipinski definition) is 0. The van der Waals surface area contributed by atoms with E-state index in [1.165, 1.54) is 26.0 Å². The van der Waals surface area contributed by atoms with Gasteiger partial charge in [0.2, 0.25) is 4.21 Å². The van der Waals surface area contributed by atoms with Crippen molar-refractivity contribution in [1.29, 1.82) is 0 Å². The van der Waals surface area contributed by atoms with E-state index in [0.29, 0.717) is 0 Å². The Balaban J connectivity index is 3.25. The number of sulfone groups is 1. The van der Waals surface area contributed by atoms with Crippen LogP contribution < -0.4 is 0 Å². The lowest BCUT2D eigenvalue weighted by molar-refractivity contribution is -0.384. The SMILES string of the molecule is CC[C@](Cl)(C(=O)c1ccc([N+](=O)[O-])cc1)S(=O)(=O)CC. The molecule has 1 aromatic rings. The molecule has 0 amide bonds. The van der Waals surface area contributed by atoms with Gasteiger partial charge in [-0.2, -0.15) is 0 Å². The first-order valence-corrected chi connectivity index (χ1v) is 7.93. The van der Waals surface area contributed by atoms with Crippen LogP contribution in [0, 0.1) is 10.1 Å². The second-order valence-electron chi connectivity index (χ2n) is 4.12. The Morgan fingerprint density at radius 1 is 1.30 bits per heavy atom. The van der Waals surface area contributed by atoms with Crippen LogP contribution in [0.1, 0.15) is 30.6 Å². The van der Waals surface area contributed by atoms with Crippen LogP contribution in [0.15, 0.2) is 24.3 Å². The zero-order valence-corrected chi connectivity index (χ0v) is 12.6. The molecule has 6 nitrogen and oxygen atoms in total. The van der Waals surface area contributed by atoms with Gasteiger partial charge in [0.15, 0.2) is 15.6 Å². The first kappa shape index (κ1) is 16.6. The van der Waals surface area contributed by atoms with E-state index in [2.05, 4.69) is 0 Å². The number of nitro benzene ring substituents is 1. The molecule has 0 saturated heterocycles. The van der Waals surface area contributed by atoms with Crippen molar-refractivity contribution >= 4 is 32.9 Å². The molecule has 0 saturated carbocycles. The van der Waals surface area contributed by atoms with Crippen molar-refractivity contribution in [2.75, 3.05) is 5.75 Å². The summed E-state index contributed by atoms with van der Waals surface area (Å²) in [7, 11) is -3.80. The summed E-state index contributed by atoms with van der Waals surface area (Å²) in [4.78, 5) is 22.2. The number of alkyl halides is 1. The van der Waals surface area contributed by atoms with E-state index >= 15 is 0 Å². The van der Waals surface area contributed by atoms with Crippen molar-refractivity contribution in [2.45, 2.75) is 24.5 Å². The standard InChI is InChI=1S/C12H14ClNO5S/c1-3-12(13,20(18,19)4-2)11(15)9-5-7-10(8-6-9)14(16)17/h5-8H,3-4H2,1-2H3/t12-/m1/s1. The predicted molar refractivity (Wildman–Crippen MR) is 75.8 cm³/mol. The van der Waals surface area contributed by atoms with Gasteiger partial charge < -0.3 is 0 Å². The average molecular weight is 320 g/mol. The van der Waals surface area contributed by atoms with Gasteiger partial charge in [0.25, 0.3) is 5.69 Å². The number of halogens is 1. The molecule has 0 aliphatic carbocycles. The number of non-ortho nitro benzene ring substituents is 1. The third-order valence-corrected chi connectivity index (χ3v) is 6.37. The van der Waals surface area contributed by atoms with Gasteiger partial charge in [-0.1, -0.05) is 25.4 Å². The molecule has 8 heteroatoms. The summed E-state index contributed by atoms with van der Waals surface area (Å²) in [5, 5.41) is 10.5. The maximum atomic E-state index is 12.3. The minimum Gasteiger partial charge on any atom is -0.291 e. The predicted octanol–water partition coefficient (Wildman–Crippen LogP) is 2.56. The first-order chi connectivity index (χ1) is 9.19.